The van der Waals surface area contributed by atoms with Crippen molar-refractivity contribution in [1.82, 2.24) is 0 Å². The zero-order valence-electron chi connectivity index (χ0n) is 19.3. The van der Waals surface area contributed by atoms with Crippen LogP contribution in [0.15, 0.2) is 0 Å². The molecule has 0 aromatic carbocycles. The van der Waals surface area contributed by atoms with Gasteiger partial charge >= 0.3 is 13.3 Å². The third-order valence-corrected chi connectivity index (χ3v) is 8.85. The van der Waals surface area contributed by atoms with Crippen LogP contribution in [0.5, 0.6) is 0 Å². The Bertz CT molecular complexity index is 632. The van der Waals surface area contributed by atoms with Gasteiger partial charge in [0.1, 0.15) is 9.84 Å². The molecule has 0 radical (unpaired) electrons. The van der Waals surface area contributed by atoms with Gasteiger partial charge in [-0.05, 0) is 25.7 Å². The Morgan fingerprint density at radius 1 is 0.903 bits per heavy atom. The number of carbonyl (C=O) groups is 1. The van der Waals surface area contributed by atoms with Crippen LogP contribution < -0.4 is 0 Å². The van der Waals surface area contributed by atoms with Crippen molar-refractivity contribution in [3.05, 3.63) is 0 Å². The predicted octanol–water partition coefficient (Wildman–Crippen LogP) is 6.24. The van der Waals surface area contributed by atoms with Crippen molar-refractivity contribution in [2.75, 3.05) is 24.7 Å². The molecule has 0 aromatic heterocycles. The molecule has 31 heavy (non-hydrogen) atoms. The molecule has 184 valence electrons. The van der Waals surface area contributed by atoms with Crippen LogP contribution in [0.25, 0.3) is 0 Å². The third-order valence-electron chi connectivity index (χ3n) is 5.91. The van der Waals surface area contributed by atoms with Crippen molar-refractivity contribution in [2.24, 2.45) is 5.92 Å². The number of unbranched alkanes of at least 4 members (excludes halogenated alkanes) is 9. The fourth-order valence-electron chi connectivity index (χ4n) is 3.78. The fraction of sp³-hybridized carbons (Fsp3) is 0.955. The molecular formula is C22H43O7PS. The Labute approximate surface area is 189 Å². The van der Waals surface area contributed by atoms with Gasteiger partial charge in [0.05, 0.1) is 24.7 Å². The lowest BCUT2D eigenvalue weighted by Gasteiger charge is -2.24. The van der Waals surface area contributed by atoms with Crippen molar-refractivity contribution >= 4 is 23.1 Å². The Morgan fingerprint density at radius 2 is 1.42 bits per heavy atom. The molecule has 1 aliphatic carbocycles. The zero-order valence-corrected chi connectivity index (χ0v) is 21.0. The largest absolute Gasteiger partial charge is 0.457 e. The van der Waals surface area contributed by atoms with Gasteiger partial charge in [0.2, 0.25) is 0 Å². The van der Waals surface area contributed by atoms with E-state index in [1.54, 1.807) is 0 Å². The van der Waals surface area contributed by atoms with Gasteiger partial charge in [0.15, 0.2) is 0 Å². The van der Waals surface area contributed by atoms with Gasteiger partial charge < -0.3 is 14.2 Å². The molecule has 0 aliphatic heterocycles. The monoisotopic (exact) mass is 482 g/mol. The summed E-state index contributed by atoms with van der Waals surface area (Å²) in [5.41, 5.74) is -1.30. The number of rotatable bonds is 20. The Balaban J connectivity index is 1.91. The molecule has 1 aliphatic rings. The van der Waals surface area contributed by atoms with E-state index >= 15 is 0 Å². The Morgan fingerprint density at radius 3 is 1.94 bits per heavy atom. The van der Waals surface area contributed by atoms with Gasteiger partial charge in [-0.1, -0.05) is 83.5 Å². The topological polar surface area (TPSA) is 107 Å². The molecule has 7 nitrogen and oxygen atoms in total. The lowest BCUT2D eigenvalue weighted by atomic mass is 9.81. The lowest BCUT2D eigenvalue weighted by Crippen LogP contribution is -2.13. The summed E-state index contributed by atoms with van der Waals surface area (Å²) in [5.74, 6) is 1.05. The van der Waals surface area contributed by atoms with Crippen molar-refractivity contribution in [3.63, 3.8) is 0 Å². The molecule has 0 heterocycles. The summed E-state index contributed by atoms with van der Waals surface area (Å²) in [6, 6.07) is 0. The molecule has 1 fully saturated rings. The zero-order chi connectivity index (χ0) is 23.0. The average molecular weight is 483 g/mol. The fourth-order valence-corrected chi connectivity index (χ4v) is 5.96. The van der Waals surface area contributed by atoms with Gasteiger partial charge in [-0.15, -0.1) is 0 Å². The van der Waals surface area contributed by atoms with Crippen LogP contribution >= 0.6 is 7.60 Å². The summed E-state index contributed by atoms with van der Waals surface area (Å²) < 4.78 is 44.7. The van der Waals surface area contributed by atoms with Crippen LogP contribution in [0, 0.1) is 5.92 Å². The maximum atomic E-state index is 12.0. The molecule has 0 aromatic rings. The van der Waals surface area contributed by atoms with E-state index in [9.17, 15) is 22.7 Å². The van der Waals surface area contributed by atoms with Gasteiger partial charge in [-0.3, -0.25) is 0 Å². The second-order valence-electron chi connectivity index (χ2n) is 8.68. The van der Waals surface area contributed by atoms with E-state index in [0.29, 0.717) is 6.42 Å². The molecule has 0 amide bonds. The number of hydrogen-bond donors (Lipinski definition) is 1. The van der Waals surface area contributed by atoms with Gasteiger partial charge in [-0.25, -0.2) is 17.8 Å². The molecular weight excluding hydrogens is 439 g/mol. The number of sulfone groups is 1. The van der Waals surface area contributed by atoms with E-state index in [1.165, 1.54) is 71.1 Å². The van der Waals surface area contributed by atoms with E-state index in [1.807, 2.05) is 0 Å². The third kappa shape index (κ3) is 14.4. The first-order chi connectivity index (χ1) is 14.8. The smallest absolute Gasteiger partial charge is 0.435 e. The maximum absolute atomic E-state index is 12.0. The van der Waals surface area contributed by atoms with Gasteiger partial charge in [0.25, 0.3) is 0 Å². The molecule has 1 atom stereocenters. The highest BCUT2D eigenvalue weighted by Gasteiger charge is 2.32. The van der Waals surface area contributed by atoms with E-state index in [4.69, 9.17) is 0 Å². The number of carbonyl (C=O) groups excluding carboxylic acids is 1. The van der Waals surface area contributed by atoms with Crippen LogP contribution in [0.3, 0.4) is 0 Å². The summed E-state index contributed by atoms with van der Waals surface area (Å²) in [6.07, 6.45) is 17.6. The summed E-state index contributed by atoms with van der Waals surface area (Å²) >= 11 is 0. The summed E-state index contributed by atoms with van der Waals surface area (Å²) in [7, 11) is -7.70. The Hall–Kier alpha value is -0.430. The highest BCUT2D eigenvalue weighted by molar-refractivity contribution is 7.91. The minimum Gasteiger partial charge on any atom is -0.457 e. The maximum Gasteiger partial charge on any atom is 0.435 e. The predicted molar refractivity (Wildman–Crippen MR) is 124 cm³/mol. The van der Waals surface area contributed by atoms with Crippen molar-refractivity contribution in [2.45, 2.75) is 103 Å². The first-order valence-corrected chi connectivity index (χ1v) is 15.5. The van der Waals surface area contributed by atoms with Crippen LogP contribution in [-0.4, -0.2) is 43.7 Å². The SMILES string of the molecule is CCOC(=O)P(=O)(O)OCCCS(=O)(=O)CCCCCCCCCCCCC1CCC1. The summed E-state index contributed by atoms with van der Waals surface area (Å²) in [5, 5.41) is 0. The van der Waals surface area contributed by atoms with E-state index < -0.39 is 23.1 Å². The number of ether oxygens (including phenoxy) is 1. The van der Waals surface area contributed by atoms with Crippen molar-refractivity contribution in [3.8, 4) is 0 Å². The normalized spacial score (nSPS) is 16.6. The standard InChI is InChI=1S/C22H43O7PS/c1-2-28-22(23)30(24,25)29-18-14-20-31(26,27)19-12-10-8-6-4-3-5-7-9-11-15-21-16-13-17-21/h21H,2-20H2,1H3,(H,24,25). The Kier molecular flexibility index (Phi) is 15.0. The second kappa shape index (κ2) is 16.2. The minimum absolute atomic E-state index is 0.0263. The van der Waals surface area contributed by atoms with Gasteiger partial charge in [-0.2, -0.15) is 0 Å². The molecule has 0 bridgehead atoms. The summed E-state index contributed by atoms with van der Waals surface area (Å²) in [4.78, 5) is 20.6. The van der Waals surface area contributed by atoms with E-state index in [-0.39, 0.29) is 31.1 Å². The molecule has 1 saturated carbocycles. The molecule has 1 unspecified atom stereocenters. The van der Waals surface area contributed by atoms with Crippen molar-refractivity contribution in [1.29, 1.82) is 0 Å². The molecule has 0 spiro atoms. The van der Waals surface area contributed by atoms with E-state index in [0.717, 1.165) is 25.2 Å². The second-order valence-corrected chi connectivity index (χ2v) is 12.6. The average Bonchev–Trinajstić information content (AvgIpc) is 2.67. The van der Waals surface area contributed by atoms with Crippen LogP contribution in [0.1, 0.15) is 103 Å². The molecule has 9 heteroatoms. The van der Waals surface area contributed by atoms with Gasteiger partial charge in [0, 0.05) is 0 Å². The van der Waals surface area contributed by atoms with Crippen LogP contribution in [0.2, 0.25) is 0 Å². The summed E-state index contributed by atoms with van der Waals surface area (Å²) in [6.45, 7) is 1.22. The highest BCUT2D eigenvalue weighted by atomic mass is 32.2. The van der Waals surface area contributed by atoms with Crippen LogP contribution in [-0.2, 0) is 23.7 Å². The molecule has 1 rings (SSSR count). The van der Waals surface area contributed by atoms with Crippen molar-refractivity contribution < 1.29 is 31.9 Å². The quantitative estimate of drug-likeness (QED) is 0.162. The molecule has 1 N–H and O–H groups in total. The van der Waals surface area contributed by atoms with Crippen LogP contribution in [0.4, 0.5) is 4.79 Å². The minimum atomic E-state index is -4.49. The first-order valence-electron chi connectivity index (χ1n) is 12.1. The molecule has 0 saturated heterocycles. The first kappa shape index (κ1) is 28.6. The number of hydrogen-bond acceptors (Lipinski definition) is 6. The highest BCUT2D eigenvalue weighted by Crippen LogP contribution is 2.44. The lowest BCUT2D eigenvalue weighted by molar-refractivity contribution is 0.161. The van der Waals surface area contributed by atoms with E-state index in [2.05, 4.69) is 9.26 Å².